The van der Waals surface area contributed by atoms with Gasteiger partial charge in [-0.3, -0.25) is 14.4 Å². The van der Waals surface area contributed by atoms with Gasteiger partial charge in [-0.2, -0.15) is 0 Å². The van der Waals surface area contributed by atoms with Crippen molar-refractivity contribution >= 4 is 29.1 Å². The number of rotatable bonds is 4. The van der Waals surface area contributed by atoms with Crippen LogP contribution in [0.2, 0.25) is 0 Å². The third-order valence-corrected chi connectivity index (χ3v) is 5.10. The van der Waals surface area contributed by atoms with Gasteiger partial charge in [-0.25, -0.2) is 0 Å². The lowest BCUT2D eigenvalue weighted by molar-refractivity contribution is -0.147. The molecule has 150 valence electrons. The van der Waals surface area contributed by atoms with Gasteiger partial charge in [0.25, 0.3) is 0 Å². The number of ether oxygens (including phenoxy) is 2. The fourth-order valence-electron chi connectivity index (χ4n) is 3.32. The lowest BCUT2D eigenvalue weighted by Gasteiger charge is -2.33. The Morgan fingerprint density at radius 2 is 1.76 bits per heavy atom. The topological polar surface area (TPSA) is 88.2 Å². The van der Waals surface area contributed by atoms with E-state index in [0.29, 0.717) is 29.4 Å². The molecule has 0 saturated carbocycles. The minimum atomic E-state index is -0.704. The molecule has 8 nitrogen and oxygen atoms in total. The van der Waals surface area contributed by atoms with Crippen LogP contribution in [-0.4, -0.2) is 49.0 Å². The Morgan fingerprint density at radius 3 is 2.55 bits per heavy atom. The monoisotopic (exact) mass is 395 g/mol. The van der Waals surface area contributed by atoms with E-state index in [2.05, 4.69) is 5.32 Å². The molecule has 2 aliphatic rings. The van der Waals surface area contributed by atoms with Crippen LogP contribution in [0, 0.1) is 13.8 Å². The Balaban J connectivity index is 1.40. The zero-order chi connectivity index (χ0) is 20.5. The van der Waals surface area contributed by atoms with Crippen molar-refractivity contribution in [1.82, 2.24) is 4.90 Å². The normalized spacial score (nSPS) is 15.7. The summed E-state index contributed by atoms with van der Waals surface area (Å²) in [6.07, 6.45) is 0. The Hall–Kier alpha value is -3.55. The predicted molar refractivity (Wildman–Crippen MR) is 106 cm³/mol. The number of benzene rings is 2. The molecule has 0 radical (unpaired) electrons. The van der Waals surface area contributed by atoms with Gasteiger partial charge in [0, 0.05) is 30.5 Å². The van der Waals surface area contributed by atoms with E-state index in [1.165, 1.54) is 9.80 Å². The van der Waals surface area contributed by atoms with Crippen LogP contribution in [0.1, 0.15) is 11.1 Å². The fraction of sp³-hybridized carbons (Fsp3) is 0.286. The lowest BCUT2D eigenvalue weighted by Crippen LogP contribution is -2.56. The van der Waals surface area contributed by atoms with Gasteiger partial charge < -0.3 is 24.6 Å². The summed E-state index contributed by atoms with van der Waals surface area (Å²) in [4.78, 5) is 40.1. The number of hydrogen-bond acceptors (Lipinski definition) is 5. The minimum absolute atomic E-state index is 0.134. The highest BCUT2D eigenvalue weighted by atomic mass is 16.7. The van der Waals surface area contributed by atoms with E-state index in [-0.39, 0.29) is 25.8 Å². The second-order valence-electron chi connectivity index (χ2n) is 7.07. The molecule has 0 bridgehead atoms. The number of amides is 3. The molecule has 2 aliphatic heterocycles. The molecule has 0 aliphatic carbocycles. The first kappa shape index (κ1) is 18.8. The Labute approximate surface area is 168 Å². The first-order chi connectivity index (χ1) is 13.9. The van der Waals surface area contributed by atoms with Gasteiger partial charge >= 0.3 is 11.8 Å². The van der Waals surface area contributed by atoms with Crippen LogP contribution < -0.4 is 19.7 Å². The first-order valence-corrected chi connectivity index (χ1v) is 9.30. The van der Waals surface area contributed by atoms with E-state index >= 15 is 0 Å². The maximum atomic E-state index is 12.6. The number of anilines is 2. The number of aryl methyl sites for hydroxylation is 2. The summed E-state index contributed by atoms with van der Waals surface area (Å²) in [6, 6.07) is 10.7. The van der Waals surface area contributed by atoms with E-state index < -0.39 is 11.8 Å². The molecular weight excluding hydrogens is 374 g/mol. The van der Waals surface area contributed by atoms with E-state index in [1.807, 2.05) is 32.0 Å². The standard InChI is InChI=1S/C21H21N3O5/c1-13-3-4-15(9-14(13)2)22-19(25)11-23-7-8-24(21(27)20(23)26)16-5-6-17-18(10-16)29-12-28-17/h3-6,9-10H,7-8,11-12H2,1-2H3,(H,22,25). The number of nitrogens with one attached hydrogen (secondary N) is 1. The minimum Gasteiger partial charge on any atom is -0.454 e. The SMILES string of the molecule is Cc1ccc(NC(=O)CN2CCN(c3ccc4c(c3)OCO4)C(=O)C2=O)cc1C. The van der Waals surface area contributed by atoms with E-state index in [4.69, 9.17) is 9.47 Å². The molecule has 1 saturated heterocycles. The van der Waals surface area contributed by atoms with Gasteiger partial charge in [0.1, 0.15) is 6.54 Å². The highest BCUT2D eigenvalue weighted by Gasteiger charge is 2.34. The number of piperazine rings is 1. The second kappa shape index (κ2) is 7.46. The molecule has 4 rings (SSSR count). The Morgan fingerprint density at radius 1 is 0.966 bits per heavy atom. The summed E-state index contributed by atoms with van der Waals surface area (Å²) in [5.74, 6) is -0.573. The van der Waals surface area contributed by atoms with Gasteiger partial charge in [0.2, 0.25) is 12.7 Å². The molecule has 2 aromatic carbocycles. The molecule has 29 heavy (non-hydrogen) atoms. The fourth-order valence-corrected chi connectivity index (χ4v) is 3.32. The maximum absolute atomic E-state index is 12.6. The van der Waals surface area contributed by atoms with Crippen molar-refractivity contribution in [3.05, 3.63) is 47.5 Å². The van der Waals surface area contributed by atoms with Crippen LogP contribution in [0.3, 0.4) is 0 Å². The van der Waals surface area contributed by atoms with Gasteiger partial charge in [-0.05, 0) is 49.2 Å². The molecule has 1 fully saturated rings. The lowest BCUT2D eigenvalue weighted by atomic mass is 10.1. The van der Waals surface area contributed by atoms with Crippen LogP contribution in [-0.2, 0) is 14.4 Å². The highest BCUT2D eigenvalue weighted by molar-refractivity contribution is 6.41. The number of fused-ring (bicyclic) bond motifs is 1. The molecule has 0 unspecified atom stereocenters. The van der Waals surface area contributed by atoms with Gasteiger partial charge in [0.05, 0.1) is 0 Å². The van der Waals surface area contributed by atoms with Crippen molar-refractivity contribution in [2.45, 2.75) is 13.8 Å². The Kier molecular flexibility index (Phi) is 4.84. The van der Waals surface area contributed by atoms with Crippen molar-refractivity contribution in [2.75, 3.05) is 36.6 Å². The Bertz CT molecular complexity index is 1000. The molecular formula is C21H21N3O5. The summed E-state index contributed by atoms with van der Waals surface area (Å²) < 4.78 is 10.6. The van der Waals surface area contributed by atoms with Crippen molar-refractivity contribution in [3.63, 3.8) is 0 Å². The molecule has 0 aromatic heterocycles. The van der Waals surface area contributed by atoms with E-state index in [1.54, 1.807) is 18.2 Å². The molecule has 3 amide bonds. The van der Waals surface area contributed by atoms with Crippen LogP contribution in [0.15, 0.2) is 36.4 Å². The summed E-state index contributed by atoms with van der Waals surface area (Å²) >= 11 is 0. The van der Waals surface area contributed by atoms with Crippen molar-refractivity contribution in [1.29, 1.82) is 0 Å². The van der Waals surface area contributed by atoms with Crippen LogP contribution in [0.5, 0.6) is 11.5 Å². The number of nitrogens with zero attached hydrogens (tertiary/aromatic N) is 2. The van der Waals surface area contributed by atoms with Crippen molar-refractivity contribution in [2.24, 2.45) is 0 Å². The maximum Gasteiger partial charge on any atom is 0.316 e. The van der Waals surface area contributed by atoms with E-state index in [9.17, 15) is 14.4 Å². The third kappa shape index (κ3) is 3.73. The van der Waals surface area contributed by atoms with Crippen LogP contribution in [0.4, 0.5) is 11.4 Å². The predicted octanol–water partition coefficient (Wildman–Crippen LogP) is 1.85. The second-order valence-corrected chi connectivity index (χ2v) is 7.07. The van der Waals surface area contributed by atoms with Gasteiger partial charge in [-0.1, -0.05) is 6.07 Å². The number of hydrogen-bond donors (Lipinski definition) is 1. The summed E-state index contributed by atoms with van der Waals surface area (Å²) in [5.41, 5.74) is 3.41. The molecule has 2 aromatic rings. The summed E-state index contributed by atoms with van der Waals surface area (Å²) in [5, 5.41) is 2.78. The zero-order valence-corrected chi connectivity index (χ0v) is 16.2. The number of carbonyl (C=O) groups is 3. The quantitative estimate of drug-likeness (QED) is 0.799. The first-order valence-electron chi connectivity index (χ1n) is 9.30. The smallest absolute Gasteiger partial charge is 0.316 e. The zero-order valence-electron chi connectivity index (χ0n) is 16.2. The summed E-state index contributed by atoms with van der Waals surface area (Å²) in [6.45, 7) is 4.47. The third-order valence-electron chi connectivity index (χ3n) is 5.10. The average molecular weight is 395 g/mol. The molecule has 1 N–H and O–H groups in total. The molecule has 0 atom stereocenters. The largest absolute Gasteiger partial charge is 0.454 e. The van der Waals surface area contributed by atoms with Gasteiger partial charge in [0.15, 0.2) is 11.5 Å². The molecule has 2 heterocycles. The highest BCUT2D eigenvalue weighted by Crippen LogP contribution is 2.35. The van der Waals surface area contributed by atoms with Crippen molar-refractivity contribution < 1.29 is 23.9 Å². The van der Waals surface area contributed by atoms with Crippen molar-refractivity contribution in [3.8, 4) is 11.5 Å². The van der Waals surface area contributed by atoms with Crippen LogP contribution in [0.25, 0.3) is 0 Å². The average Bonchev–Trinajstić information content (AvgIpc) is 3.16. The summed E-state index contributed by atoms with van der Waals surface area (Å²) in [7, 11) is 0. The van der Waals surface area contributed by atoms with Crippen LogP contribution >= 0.6 is 0 Å². The molecule has 0 spiro atoms. The molecule has 8 heteroatoms. The van der Waals surface area contributed by atoms with Gasteiger partial charge in [-0.15, -0.1) is 0 Å². The van der Waals surface area contributed by atoms with E-state index in [0.717, 1.165) is 11.1 Å². The number of carbonyl (C=O) groups excluding carboxylic acids is 3.